The molecule has 0 bridgehead atoms. The summed E-state index contributed by atoms with van der Waals surface area (Å²) in [5.41, 5.74) is 0.527. The van der Waals surface area contributed by atoms with Crippen molar-refractivity contribution in [2.45, 2.75) is 52.4 Å². The third kappa shape index (κ3) is 36.0. The normalized spacial score (nSPS) is 18.4. The van der Waals surface area contributed by atoms with E-state index in [2.05, 4.69) is 63.8 Å². The van der Waals surface area contributed by atoms with Gasteiger partial charge in [-0.1, -0.05) is 95.0 Å². The Balaban J connectivity index is -0.000000166. The molecule has 2 aliphatic rings. The molecule has 4 heteroatoms. The Labute approximate surface area is 207 Å². The number of hydrogen-bond acceptors (Lipinski definition) is 4. The number of carbonyl (C=O) groups is 4. The third-order valence-corrected chi connectivity index (χ3v) is 4.05. The highest BCUT2D eigenvalue weighted by atomic mass is 16.1. The molecule has 0 fully saturated rings. The van der Waals surface area contributed by atoms with Crippen LogP contribution >= 0.6 is 0 Å². The van der Waals surface area contributed by atoms with Gasteiger partial charge >= 0.3 is 0 Å². The minimum Gasteiger partial charge on any atom is -0.303 e. The largest absolute Gasteiger partial charge is 0.303 e. The summed E-state index contributed by atoms with van der Waals surface area (Å²) in [6, 6.07) is 0. The van der Waals surface area contributed by atoms with Gasteiger partial charge in [0.1, 0.15) is 25.1 Å². The number of aldehydes is 4. The van der Waals surface area contributed by atoms with E-state index in [-0.39, 0.29) is 5.41 Å². The van der Waals surface area contributed by atoms with Gasteiger partial charge in [-0.2, -0.15) is 0 Å². The van der Waals surface area contributed by atoms with Crippen LogP contribution < -0.4 is 0 Å². The summed E-state index contributed by atoms with van der Waals surface area (Å²) >= 11 is 0. The molecule has 0 spiro atoms. The molecule has 0 amide bonds. The number of carbonyl (C=O) groups excluding carboxylic acids is 4. The van der Waals surface area contributed by atoms with Crippen LogP contribution in [-0.4, -0.2) is 25.1 Å². The van der Waals surface area contributed by atoms with E-state index in [9.17, 15) is 14.4 Å². The molecule has 188 valence electrons. The van der Waals surface area contributed by atoms with Crippen molar-refractivity contribution in [1.82, 2.24) is 0 Å². The first-order valence-electron chi connectivity index (χ1n) is 11.1. The molecule has 0 aromatic heterocycles. The summed E-state index contributed by atoms with van der Waals surface area (Å²) in [5.74, 6) is 0.319. The molecule has 0 aromatic carbocycles. The van der Waals surface area contributed by atoms with E-state index in [0.717, 1.165) is 57.4 Å². The number of allylic oxidation sites excluding steroid dienone is 10. The molecule has 2 atom stereocenters. The molecule has 4 nitrogen and oxygen atoms in total. The van der Waals surface area contributed by atoms with Crippen LogP contribution in [-0.2, 0) is 19.2 Å². The van der Waals surface area contributed by atoms with E-state index < -0.39 is 0 Å². The van der Waals surface area contributed by atoms with Crippen LogP contribution in [0.25, 0.3) is 0 Å². The van der Waals surface area contributed by atoms with Crippen molar-refractivity contribution in [2.24, 2.45) is 11.3 Å². The molecule has 0 aliphatic heterocycles. The first-order chi connectivity index (χ1) is 16.2. The van der Waals surface area contributed by atoms with Gasteiger partial charge in [0.05, 0.1) is 0 Å². The molecule has 0 radical (unpaired) electrons. The highest BCUT2D eigenvalue weighted by Gasteiger charge is 2.22. The number of hydrogen-bond donors (Lipinski definition) is 0. The zero-order chi connectivity index (χ0) is 27.1. The van der Waals surface area contributed by atoms with Gasteiger partial charge in [-0.3, -0.25) is 9.59 Å². The lowest BCUT2D eigenvalue weighted by molar-refractivity contribution is -0.115. The molecular formula is C30H44O4. The van der Waals surface area contributed by atoms with Gasteiger partial charge < -0.3 is 9.59 Å². The smallest absolute Gasteiger partial charge is 0.145 e. The lowest BCUT2D eigenvalue weighted by Crippen LogP contribution is -2.18. The predicted octanol–water partition coefficient (Wildman–Crippen LogP) is 7.32. The van der Waals surface area contributed by atoms with E-state index in [4.69, 9.17) is 4.79 Å². The minimum absolute atomic E-state index is 0.0469. The van der Waals surface area contributed by atoms with Crippen LogP contribution in [0.5, 0.6) is 0 Å². The molecule has 2 aliphatic carbocycles. The molecular weight excluding hydrogens is 424 g/mol. The molecule has 0 aromatic rings. The van der Waals surface area contributed by atoms with Gasteiger partial charge in [-0.05, 0) is 57.1 Å². The van der Waals surface area contributed by atoms with Crippen molar-refractivity contribution in [1.29, 1.82) is 0 Å². The van der Waals surface area contributed by atoms with Crippen LogP contribution in [0, 0.1) is 11.3 Å². The van der Waals surface area contributed by atoms with Gasteiger partial charge in [0, 0.05) is 11.3 Å². The molecule has 2 unspecified atom stereocenters. The Morgan fingerprint density at radius 1 is 0.824 bits per heavy atom. The van der Waals surface area contributed by atoms with Crippen LogP contribution in [0.4, 0.5) is 0 Å². The highest BCUT2D eigenvalue weighted by Crippen LogP contribution is 2.29. The fourth-order valence-corrected chi connectivity index (χ4v) is 2.03. The fraction of sp³-hybridized carbons (Fsp3) is 0.333. The first-order valence-corrected chi connectivity index (χ1v) is 11.1. The molecule has 0 saturated heterocycles. The van der Waals surface area contributed by atoms with Crippen molar-refractivity contribution in [3.63, 3.8) is 0 Å². The Morgan fingerprint density at radius 3 is 1.47 bits per heavy atom. The van der Waals surface area contributed by atoms with Crippen molar-refractivity contribution in [3.8, 4) is 0 Å². The Bertz CT molecular complexity index is 621. The summed E-state index contributed by atoms with van der Waals surface area (Å²) < 4.78 is 0. The molecule has 34 heavy (non-hydrogen) atoms. The second kappa shape index (κ2) is 31.8. The molecule has 0 N–H and O–H groups in total. The SMILES string of the molecule is C=C(C)C=O.C=CC=C.C=CC=C.C=CC=O.CC1(C=O)CC=CCC1.O=CC1CC=CCC1. The lowest BCUT2D eigenvalue weighted by Gasteiger charge is -2.23. The summed E-state index contributed by atoms with van der Waals surface area (Å²) in [5, 5.41) is 0. The average molecular weight is 469 g/mol. The second-order valence-electron chi connectivity index (χ2n) is 7.45. The standard InChI is InChI=1S/C8H12O.C7H10O.C4H6O.2C4H6.C3H4O/c1-8(7-9)5-3-2-4-6-8;8-6-7-4-2-1-3-5-7;1-4(2)3-5;2*1-3-4-2;1-2-3-4/h2-3,7H,4-6H2,1H3;1-2,6-7H,3-5H2;3H,1H2,2H3;2*3-4H,1-2H2;2-3H,1H2. The van der Waals surface area contributed by atoms with Crippen molar-refractivity contribution >= 4 is 25.1 Å². The summed E-state index contributed by atoms with van der Waals surface area (Å²) in [4.78, 5) is 39.0. The molecule has 2 rings (SSSR count). The van der Waals surface area contributed by atoms with Crippen molar-refractivity contribution < 1.29 is 19.2 Å². The maximum atomic E-state index is 10.4. The van der Waals surface area contributed by atoms with E-state index in [0.29, 0.717) is 17.8 Å². The van der Waals surface area contributed by atoms with Crippen LogP contribution in [0.15, 0.2) is 99.7 Å². The van der Waals surface area contributed by atoms with Gasteiger partial charge in [0.2, 0.25) is 0 Å². The third-order valence-electron chi connectivity index (χ3n) is 4.05. The van der Waals surface area contributed by atoms with Gasteiger partial charge in [-0.15, -0.1) is 0 Å². The molecule has 0 saturated carbocycles. The topological polar surface area (TPSA) is 68.3 Å². The summed E-state index contributed by atoms with van der Waals surface area (Å²) in [7, 11) is 0. The second-order valence-corrected chi connectivity index (χ2v) is 7.45. The van der Waals surface area contributed by atoms with E-state index in [1.165, 1.54) is 6.08 Å². The van der Waals surface area contributed by atoms with Gasteiger partial charge in [0.25, 0.3) is 0 Å². The minimum atomic E-state index is -0.0469. The average Bonchev–Trinajstić information content (AvgIpc) is 2.90. The Morgan fingerprint density at radius 2 is 1.29 bits per heavy atom. The monoisotopic (exact) mass is 468 g/mol. The van der Waals surface area contributed by atoms with Gasteiger partial charge in [-0.25, -0.2) is 0 Å². The summed E-state index contributed by atoms with van der Waals surface area (Å²) in [6.07, 6.45) is 25.8. The zero-order valence-electron chi connectivity index (χ0n) is 21.2. The zero-order valence-corrected chi connectivity index (χ0v) is 21.2. The first kappa shape index (κ1) is 37.9. The van der Waals surface area contributed by atoms with Crippen LogP contribution in [0.2, 0.25) is 0 Å². The molecule has 0 heterocycles. The Kier molecular flexibility index (Phi) is 35.4. The maximum absolute atomic E-state index is 10.4. The van der Waals surface area contributed by atoms with Crippen LogP contribution in [0.3, 0.4) is 0 Å². The van der Waals surface area contributed by atoms with E-state index in [1.807, 2.05) is 6.92 Å². The van der Waals surface area contributed by atoms with E-state index in [1.54, 1.807) is 31.2 Å². The highest BCUT2D eigenvalue weighted by molar-refractivity contribution is 5.70. The van der Waals surface area contributed by atoms with Crippen LogP contribution in [0.1, 0.15) is 52.4 Å². The predicted molar refractivity (Wildman–Crippen MR) is 148 cm³/mol. The van der Waals surface area contributed by atoms with Gasteiger partial charge in [0.15, 0.2) is 0 Å². The van der Waals surface area contributed by atoms with E-state index >= 15 is 0 Å². The quantitative estimate of drug-likeness (QED) is 0.177. The summed E-state index contributed by atoms with van der Waals surface area (Å²) in [6.45, 7) is 23.5. The Hall–Kier alpha value is -3.40. The lowest BCUT2D eigenvalue weighted by atomic mass is 9.81. The maximum Gasteiger partial charge on any atom is 0.145 e. The van der Waals surface area contributed by atoms with Crippen molar-refractivity contribution in [3.05, 3.63) is 99.7 Å². The van der Waals surface area contributed by atoms with Crippen molar-refractivity contribution in [2.75, 3.05) is 0 Å². The number of rotatable bonds is 6. The fourth-order valence-electron chi connectivity index (χ4n) is 2.03.